The lowest BCUT2D eigenvalue weighted by Crippen LogP contribution is -2.34. The van der Waals surface area contributed by atoms with Crippen molar-refractivity contribution in [3.8, 4) is 11.5 Å². The molecule has 1 fully saturated rings. The number of nitrogens with zero attached hydrogens (tertiary/aromatic N) is 2. The Morgan fingerprint density at radius 3 is 2.78 bits per heavy atom. The molecule has 4 rings (SSSR count). The molecule has 1 aromatic heterocycles. The average Bonchev–Trinajstić information content (AvgIpc) is 3.35. The molecule has 1 aromatic carbocycles. The zero-order chi connectivity index (χ0) is 19.0. The standard InChI is InChI=1S/C20H23N3O4/c1-12(2)7-14-9-16(22-20(25)21-14)19(24)23(15-4-5-15)10-13-3-6-17-18(8-13)27-11-26-17/h3,6,8-9,12,15H,4-5,7,10-11H2,1-2H3,(H,21,22,25). The lowest BCUT2D eigenvalue weighted by atomic mass is 10.1. The molecule has 142 valence electrons. The normalized spacial score (nSPS) is 15.2. The number of fused-ring (bicyclic) bond motifs is 1. The first-order chi connectivity index (χ1) is 13.0. The Morgan fingerprint density at radius 2 is 2.04 bits per heavy atom. The number of hydrogen-bond donors (Lipinski definition) is 1. The minimum absolute atomic E-state index is 0.192. The van der Waals surface area contributed by atoms with Gasteiger partial charge in [-0.1, -0.05) is 19.9 Å². The number of H-pyrrole nitrogens is 1. The molecular formula is C20H23N3O4. The van der Waals surface area contributed by atoms with Gasteiger partial charge in [-0.15, -0.1) is 0 Å². The van der Waals surface area contributed by atoms with Crippen LogP contribution in [-0.2, 0) is 13.0 Å². The Balaban J connectivity index is 1.58. The monoisotopic (exact) mass is 369 g/mol. The number of benzene rings is 1. The highest BCUT2D eigenvalue weighted by atomic mass is 16.7. The third-order valence-electron chi connectivity index (χ3n) is 4.69. The first-order valence-electron chi connectivity index (χ1n) is 9.29. The van der Waals surface area contributed by atoms with E-state index in [0.29, 0.717) is 24.6 Å². The largest absolute Gasteiger partial charge is 0.454 e. The van der Waals surface area contributed by atoms with Gasteiger partial charge in [0, 0.05) is 18.3 Å². The number of ether oxygens (including phenoxy) is 2. The molecule has 1 aliphatic carbocycles. The number of amides is 1. The molecule has 1 saturated carbocycles. The summed E-state index contributed by atoms with van der Waals surface area (Å²) in [6.07, 6.45) is 2.64. The van der Waals surface area contributed by atoms with Crippen LogP contribution in [0.4, 0.5) is 0 Å². The fraction of sp³-hybridized carbons (Fsp3) is 0.450. The van der Waals surface area contributed by atoms with Crippen LogP contribution >= 0.6 is 0 Å². The van der Waals surface area contributed by atoms with Gasteiger partial charge in [0.25, 0.3) is 5.91 Å². The van der Waals surface area contributed by atoms with Crippen LogP contribution < -0.4 is 15.2 Å². The molecule has 0 radical (unpaired) electrons. The predicted octanol–water partition coefficient (Wildman–Crippen LogP) is 2.50. The van der Waals surface area contributed by atoms with Gasteiger partial charge in [0.2, 0.25) is 6.79 Å². The topological polar surface area (TPSA) is 84.5 Å². The van der Waals surface area contributed by atoms with Crippen LogP contribution in [0.2, 0.25) is 0 Å². The maximum Gasteiger partial charge on any atom is 0.345 e. The molecule has 7 nitrogen and oxygen atoms in total. The summed E-state index contributed by atoms with van der Waals surface area (Å²) in [5, 5.41) is 0. The van der Waals surface area contributed by atoms with E-state index in [-0.39, 0.29) is 24.4 Å². The van der Waals surface area contributed by atoms with Gasteiger partial charge in [-0.3, -0.25) is 4.79 Å². The summed E-state index contributed by atoms with van der Waals surface area (Å²) in [6, 6.07) is 7.60. The minimum atomic E-state index is -0.477. The first-order valence-corrected chi connectivity index (χ1v) is 9.29. The van der Waals surface area contributed by atoms with E-state index in [1.165, 1.54) is 0 Å². The Morgan fingerprint density at radius 1 is 1.26 bits per heavy atom. The van der Waals surface area contributed by atoms with Crippen molar-refractivity contribution in [2.75, 3.05) is 6.79 Å². The molecule has 0 bridgehead atoms. The summed E-state index contributed by atoms with van der Waals surface area (Å²) in [7, 11) is 0. The maximum atomic E-state index is 13.1. The van der Waals surface area contributed by atoms with Gasteiger partial charge >= 0.3 is 5.69 Å². The first kappa shape index (κ1) is 17.6. The highest BCUT2D eigenvalue weighted by molar-refractivity contribution is 5.92. The summed E-state index contributed by atoms with van der Waals surface area (Å²) in [6.45, 7) is 4.81. The smallest absolute Gasteiger partial charge is 0.345 e. The fourth-order valence-corrected chi connectivity index (χ4v) is 3.30. The Bertz CT molecular complexity index is 918. The summed E-state index contributed by atoms with van der Waals surface area (Å²) in [4.78, 5) is 33.5. The molecular weight excluding hydrogens is 346 g/mol. The van der Waals surface area contributed by atoms with Gasteiger partial charge < -0.3 is 19.4 Å². The molecule has 0 spiro atoms. The van der Waals surface area contributed by atoms with Gasteiger partial charge in [0.15, 0.2) is 11.5 Å². The van der Waals surface area contributed by atoms with Gasteiger partial charge in [-0.2, -0.15) is 4.98 Å². The van der Waals surface area contributed by atoms with Crippen molar-refractivity contribution in [2.24, 2.45) is 5.92 Å². The molecule has 27 heavy (non-hydrogen) atoms. The van der Waals surface area contributed by atoms with Gasteiger partial charge in [0.05, 0.1) is 0 Å². The third-order valence-corrected chi connectivity index (χ3v) is 4.69. The Hall–Kier alpha value is -2.83. The van der Waals surface area contributed by atoms with E-state index in [9.17, 15) is 9.59 Å². The number of hydrogen-bond acceptors (Lipinski definition) is 5. The fourth-order valence-electron chi connectivity index (χ4n) is 3.30. The van der Waals surface area contributed by atoms with Crippen molar-refractivity contribution in [2.45, 2.75) is 45.7 Å². The van der Waals surface area contributed by atoms with E-state index in [0.717, 1.165) is 29.8 Å². The summed E-state index contributed by atoms with van der Waals surface area (Å²) < 4.78 is 10.8. The van der Waals surface area contributed by atoms with Crippen molar-refractivity contribution in [3.05, 3.63) is 51.7 Å². The van der Waals surface area contributed by atoms with E-state index in [1.807, 2.05) is 18.2 Å². The minimum Gasteiger partial charge on any atom is -0.454 e. The molecule has 1 aliphatic heterocycles. The second-order valence-corrected chi connectivity index (χ2v) is 7.55. The van der Waals surface area contributed by atoms with Crippen LogP contribution in [0.3, 0.4) is 0 Å². The second kappa shape index (κ2) is 7.06. The lowest BCUT2D eigenvalue weighted by Gasteiger charge is -2.22. The lowest BCUT2D eigenvalue weighted by molar-refractivity contribution is 0.0723. The highest BCUT2D eigenvalue weighted by Crippen LogP contribution is 2.34. The van der Waals surface area contributed by atoms with Crippen molar-refractivity contribution in [1.29, 1.82) is 0 Å². The van der Waals surface area contributed by atoms with Crippen LogP contribution in [-0.4, -0.2) is 33.6 Å². The molecule has 0 saturated heterocycles. The number of carbonyl (C=O) groups excluding carboxylic acids is 1. The molecule has 2 heterocycles. The molecule has 1 amide bonds. The number of carbonyl (C=O) groups is 1. The second-order valence-electron chi connectivity index (χ2n) is 7.55. The van der Waals surface area contributed by atoms with Crippen LogP contribution in [0.5, 0.6) is 11.5 Å². The summed E-state index contributed by atoms with van der Waals surface area (Å²) in [5.41, 5.74) is 1.44. The zero-order valence-electron chi connectivity index (χ0n) is 15.5. The average molecular weight is 369 g/mol. The SMILES string of the molecule is CC(C)Cc1cc(C(=O)N(Cc2ccc3c(c2)OCO3)C2CC2)nc(=O)[nH]1. The molecule has 0 unspecified atom stereocenters. The van der Waals surface area contributed by atoms with E-state index < -0.39 is 5.69 Å². The Kier molecular flexibility index (Phi) is 4.59. The summed E-state index contributed by atoms with van der Waals surface area (Å²) in [5.74, 6) is 1.59. The molecule has 7 heteroatoms. The van der Waals surface area contributed by atoms with E-state index in [1.54, 1.807) is 11.0 Å². The molecule has 2 aromatic rings. The zero-order valence-corrected chi connectivity index (χ0v) is 15.5. The van der Waals surface area contributed by atoms with Crippen LogP contribution in [0.1, 0.15) is 48.4 Å². The van der Waals surface area contributed by atoms with Crippen molar-refractivity contribution in [3.63, 3.8) is 0 Å². The summed E-state index contributed by atoms with van der Waals surface area (Å²) >= 11 is 0. The van der Waals surface area contributed by atoms with Crippen LogP contribution in [0, 0.1) is 5.92 Å². The number of rotatable bonds is 6. The number of aromatic nitrogens is 2. The van der Waals surface area contributed by atoms with Gasteiger partial charge in [-0.05, 0) is 48.9 Å². The Labute approximate surface area is 157 Å². The van der Waals surface area contributed by atoms with Crippen LogP contribution in [0.25, 0.3) is 0 Å². The predicted molar refractivity (Wildman–Crippen MR) is 98.9 cm³/mol. The highest BCUT2D eigenvalue weighted by Gasteiger charge is 2.34. The molecule has 1 N–H and O–H groups in total. The number of aromatic amines is 1. The van der Waals surface area contributed by atoms with Crippen molar-refractivity contribution in [1.82, 2.24) is 14.9 Å². The van der Waals surface area contributed by atoms with E-state index in [4.69, 9.17) is 9.47 Å². The van der Waals surface area contributed by atoms with Crippen LogP contribution in [0.15, 0.2) is 29.1 Å². The van der Waals surface area contributed by atoms with Crippen molar-refractivity contribution >= 4 is 5.91 Å². The maximum absolute atomic E-state index is 13.1. The van der Waals surface area contributed by atoms with Gasteiger partial charge in [-0.25, -0.2) is 4.79 Å². The van der Waals surface area contributed by atoms with E-state index >= 15 is 0 Å². The molecule has 0 atom stereocenters. The van der Waals surface area contributed by atoms with Crippen molar-refractivity contribution < 1.29 is 14.3 Å². The molecule has 2 aliphatic rings. The van der Waals surface area contributed by atoms with E-state index in [2.05, 4.69) is 23.8 Å². The third kappa shape index (κ3) is 3.97. The van der Waals surface area contributed by atoms with Gasteiger partial charge in [0.1, 0.15) is 5.69 Å². The number of nitrogens with one attached hydrogen (secondary N) is 1. The quantitative estimate of drug-likeness (QED) is 0.846.